The van der Waals surface area contributed by atoms with Crippen molar-refractivity contribution in [3.8, 4) is 11.8 Å². The zero-order valence-corrected chi connectivity index (χ0v) is 13.2. The lowest BCUT2D eigenvalue weighted by Gasteiger charge is -2.12. The highest BCUT2D eigenvalue weighted by atomic mass is 32.1. The van der Waals surface area contributed by atoms with Gasteiger partial charge in [0.1, 0.15) is 0 Å². The largest absolute Gasteiger partial charge is 0.349 e. The summed E-state index contributed by atoms with van der Waals surface area (Å²) in [5.41, 5.74) is 5.33. The van der Waals surface area contributed by atoms with Gasteiger partial charge >= 0.3 is 0 Å². The van der Waals surface area contributed by atoms with Gasteiger partial charge in [0.2, 0.25) is 0 Å². The Morgan fingerprint density at radius 1 is 1.40 bits per heavy atom. The van der Waals surface area contributed by atoms with Crippen LogP contribution in [0, 0.1) is 11.8 Å². The Balaban J connectivity index is 2.39. The van der Waals surface area contributed by atoms with E-state index >= 15 is 0 Å². The van der Waals surface area contributed by atoms with E-state index in [1.54, 1.807) is 0 Å². The summed E-state index contributed by atoms with van der Waals surface area (Å²) in [7, 11) is 0. The summed E-state index contributed by atoms with van der Waals surface area (Å²) in [5.74, 6) is 5.74. The van der Waals surface area contributed by atoms with E-state index in [1.807, 2.05) is 12.1 Å². The van der Waals surface area contributed by atoms with Gasteiger partial charge < -0.3 is 11.1 Å². The third kappa shape index (κ3) is 6.23. The van der Waals surface area contributed by atoms with Gasteiger partial charge in [0, 0.05) is 6.04 Å². The molecule has 0 spiro atoms. The Morgan fingerprint density at radius 2 is 2.20 bits per heavy atom. The molecule has 4 heteroatoms. The van der Waals surface area contributed by atoms with Crippen molar-refractivity contribution in [2.24, 2.45) is 5.73 Å². The maximum atomic E-state index is 12.1. The van der Waals surface area contributed by atoms with E-state index in [-0.39, 0.29) is 11.9 Å². The first-order chi connectivity index (χ1) is 9.67. The molecule has 1 atom stereocenters. The normalized spacial score (nSPS) is 11.6. The second-order valence-corrected chi connectivity index (χ2v) is 5.98. The van der Waals surface area contributed by atoms with Crippen molar-refractivity contribution in [2.75, 3.05) is 6.54 Å². The van der Waals surface area contributed by atoms with E-state index in [0.29, 0.717) is 11.4 Å². The average Bonchev–Trinajstić information content (AvgIpc) is 2.90. The first-order valence-electron chi connectivity index (χ1n) is 7.27. The monoisotopic (exact) mass is 292 g/mol. The van der Waals surface area contributed by atoms with Gasteiger partial charge in [-0.05, 0) is 25.5 Å². The minimum atomic E-state index is -0.00112. The molecule has 0 bridgehead atoms. The maximum Gasteiger partial charge on any atom is 0.261 e. The number of unbranched alkanes of at least 4 members (excludes halogenated alkanes) is 3. The molecule has 1 aromatic heterocycles. The van der Waals surface area contributed by atoms with Crippen molar-refractivity contribution in [2.45, 2.75) is 52.0 Å². The van der Waals surface area contributed by atoms with E-state index in [9.17, 15) is 4.79 Å². The van der Waals surface area contributed by atoms with Gasteiger partial charge in [-0.1, -0.05) is 44.4 Å². The standard InChI is InChI=1S/C16H24N2OS/c1-3-4-5-6-8-13(2)18-16(19)15-11-10-14(20-15)9-7-12-17/h10-11,13H,3-6,8,12,17H2,1-2H3,(H,18,19). The van der Waals surface area contributed by atoms with Crippen molar-refractivity contribution in [1.82, 2.24) is 5.32 Å². The van der Waals surface area contributed by atoms with Crippen LogP contribution in [-0.4, -0.2) is 18.5 Å². The molecule has 20 heavy (non-hydrogen) atoms. The Bertz CT molecular complexity index is 470. The second-order valence-electron chi connectivity index (χ2n) is 4.89. The SMILES string of the molecule is CCCCCCC(C)NC(=O)c1ccc(C#CCN)s1. The highest BCUT2D eigenvalue weighted by Crippen LogP contribution is 2.15. The second kappa shape index (κ2) is 9.57. The summed E-state index contributed by atoms with van der Waals surface area (Å²) in [4.78, 5) is 13.7. The molecule has 1 amide bonds. The predicted octanol–water partition coefficient (Wildman–Crippen LogP) is 3.15. The Labute approximate surface area is 126 Å². The molecule has 1 rings (SSSR count). The zero-order chi connectivity index (χ0) is 14.8. The van der Waals surface area contributed by atoms with Crippen LogP contribution in [0.15, 0.2) is 12.1 Å². The highest BCUT2D eigenvalue weighted by Gasteiger charge is 2.11. The molecule has 0 radical (unpaired) electrons. The molecule has 1 aromatic rings. The fourth-order valence-electron chi connectivity index (χ4n) is 1.91. The summed E-state index contributed by atoms with van der Waals surface area (Å²) in [6.07, 6.45) is 5.97. The van der Waals surface area contributed by atoms with Crippen LogP contribution in [0.2, 0.25) is 0 Å². The molecule has 0 aliphatic heterocycles. The molecule has 1 heterocycles. The van der Waals surface area contributed by atoms with Crippen molar-refractivity contribution < 1.29 is 4.79 Å². The van der Waals surface area contributed by atoms with Crippen LogP contribution in [0.25, 0.3) is 0 Å². The summed E-state index contributed by atoms with van der Waals surface area (Å²) in [6.45, 7) is 4.61. The van der Waals surface area contributed by atoms with E-state index < -0.39 is 0 Å². The molecule has 0 fully saturated rings. The molecule has 110 valence electrons. The maximum absolute atomic E-state index is 12.1. The fraction of sp³-hybridized carbons (Fsp3) is 0.562. The van der Waals surface area contributed by atoms with Crippen molar-refractivity contribution in [1.29, 1.82) is 0 Å². The van der Waals surface area contributed by atoms with Crippen LogP contribution in [0.3, 0.4) is 0 Å². The number of carbonyl (C=O) groups excluding carboxylic acids is 1. The lowest BCUT2D eigenvalue weighted by atomic mass is 10.1. The third-order valence-corrected chi connectivity index (χ3v) is 4.01. The first-order valence-corrected chi connectivity index (χ1v) is 8.08. The van der Waals surface area contributed by atoms with E-state index in [0.717, 1.165) is 11.3 Å². The molecule has 0 saturated heterocycles. The minimum absolute atomic E-state index is 0.00112. The van der Waals surface area contributed by atoms with Gasteiger partial charge in [-0.25, -0.2) is 0 Å². The van der Waals surface area contributed by atoms with Crippen LogP contribution in [0.5, 0.6) is 0 Å². The number of amides is 1. The van der Waals surface area contributed by atoms with Gasteiger partial charge in [0.25, 0.3) is 5.91 Å². The smallest absolute Gasteiger partial charge is 0.261 e. The van der Waals surface area contributed by atoms with E-state index in [4.69, 9.17) is 5.73 Å². The van der Waals surface area contributed by atoms with Crippen LogP contribution >= 0.6 is 11.3 Å². The van der Waals surface area contributed by atoms with Crippen LogP contribution in [0.1, 0.15) is 60.5 Å². The number of nitrogens with one attached hydrogen (secondary N) is 1. The zero-order valence-electron chi connectivity index (χ0n) is 12.4. The molecule has 3 N–H and O–H groups in total. The molecular weight excluding hydrogens is 268 g/mol. The summed E-state index contributed by atoms with van der Waals surface area (Å²) in [5, 5.41) is 3.04. The number of nitrogens with two attached hydrogens (primary N) is 1. The average molecular weight is 292 g/mol. The van der Waals surface area contributed by atoms with Gasteiger partial charge in [-0.2, -0.15) is 0 Å². The van der Waals surface area contributed by atoms with Gasteiger partial charge in [0.15, 0.2) is 0 Å². The number of hydrogen-bond donors (Lipinski definition) is 2. The van der Waals surface area contributed by atoms with Crippen LogP contribution in [-0.2, 0) is 0 Å². The predicted molar refractivity (Wildman–Crippen MR) is 85.9 cm³/mol. The van der Waals surface area contributed by atoms with Crippen LogP contribution in [0.4, 0.5) is 0 Å². The van der Waals surface area contributed by atoms with Gasteiger partial charge in [-0.15, -0.1) is 11.3 Å². The van der Waals surface area contributed by atoms with Gasteiger partial charge in [-0.3, -0.25) is 4.79 Å². The molecular formula is C16H24N2OS. The minimum Gasteiger partial charge on any atom is -0.349 e. The highest BCUT2D eigenvalue weighted by molar-refractivity contribution is 7.14. The number of hydrogen-bond acceptors (Lipinski definition) is 3. The first kappa shape index (κ1) is 16.7. The van der Waals surface area contributed by atoms with Crippen molar-refractivity contribution in [3.63, 3.8) is 0 Å². The van der Waals surface area contributed by atoms with Crippen molar-refractivity contribution >= 4 is 17.2 Å². The molecule has 1 unspecified atom stereocenters. The molecule has 0 aliphatic rings. The third-order valence-electron chi connectivity index (χ3n) is 3.01. The van der Waals surface area contributed by atoms with Crippen LogP contribution < -0.4 is 11.1 Å². The van der Waals surface area contributed by atoms with E-state index in [2.05, 4.69) is 31.0 Å². The summed E-state index contributed by atoms with van der Waals surface area (Å²) >= 11 is 1.41. The topological polar surface area (TPSA) is 55.1 Å². The molecule has 0 aliphatic carbocycles. The number of thiophene rings is 1. The molecule has 0 aromatic carbocycles. The quantitative estimate of drug-likeness (QED) is 0.599. The number of carbonyl (C=O) groups is 1. The lowest BCUT2D eigenvalue weighted by molar-refractivity contribution is 0.0942. The van der Waals surface area contributed by atoms with E-state index in [1.165, 1.54) is 37.0 Å². The molecule has 0 saturated carbocycles. The Morgan fingerprint density at radius 3 is 2.90 bits per heavy atom. The Kier molecular flexibility index (Phi) is 8.01. The lowest BCUT2D eigenvalue weighted by Crippen LogP contribution is -2.31. The Hall–Kier alpha value is -1.31. The van der Waals surface area contributed by atoms with Gasteiger partial charge in [0.05, 0.1) is 16.3 Å². The van der Waals surface area contributed by atoms with Crippen molar-refractivity contribution in [3.05, 3.63) is 21.9 Å². The fourth-order valence-corrected chi connectivity index (χ4v) is 2.69. The molecule has 3 nitrogen and oxygen atoms in total. The summed E-state index contributed by atoms with van der Waals surface area (Å²) in [6, 6.07) is 3.92. The summed E-state index contributed by atoms with van der Waals surface area (Å²) < 4.78 is 0. The number of rotatable bonds is 7.